The lowest BCUT2D eigenvalue weighted by molar-refractivity contribution is -0.387. The van der Waals surface area contributed by atoms with Crippen LogP contribution < -0.4 is 0 Å². The van der Waals surface area contributed by atoms with Crippen LogP contribution in [0.4, 0.5) is 5.69 Å². The Hall–Kier alpha value is -4.45. The van der Waals surface area contributed by atoms with Gasteiger partial charge in [0.15, 0.2) is 4.90 Å². The Kier molecular flexibility index (Phi) is 9.81. The number of hydrogen-bond acceptors (Lipinski definition) is 6. The molecule has 50 heavy (non-hydrogen) atoms. The summed E-state index contributed by atoms with van der Waals surface area (Å²) in [4.78, 5) is 13.2. The van der Waals surface area contributed by atoms with Crippen molar-refractivity contribution in [3.63, 3.8) is 0 Å². The summed E-state index contributed by atoms with van der Waals surface area (Å²) in [5, 5.41) is 11.9. The van der Waals surface area contributed by atoms with Crippen LogP contribution in [0.5, 0.6) is 0 Å². The van der Waals surface area contributed by atoms with Gasteiger partial charge in [-0.05, 0) is 40.5 Å². The molecule has 1 saturated heterocycles. The normalized spacial score (nSPS) is 20.5. The topological polar surface area (TPSA) is 93.0 Å². The summed E-state index contributed by atoms with van der Waals surface area (Å²) in [6.07, 6.45) is 3.81. The molecule has 254 valence electrons. The highest BCUT2D eigenvalue weighted by Crippen LogP contribution is 2.46. The molecule has 2 aliphatic rings. The Bertz CT molecular complexity index is 1980. The number of para-hydroxylation sites is 1. The zero-order chi connectivity index (χ0) is 34.7. The largest absolute Gasteiger partial charge is 0.359 e. The van der Waals surface area contributed by atoms with Gasteiger partial charge in [0.2, 0.25) is 10.0 Å². The van der Waals surface area contributed by atoms with Gasteiger partial charge in [0.1, 0.15) is 5.60 Å². The molecule has 0 aromatic heterocycles. The molecule has 0 radical (unpaired) electrons. The van der Waals surface area contributed by atoms with Gasteiger partial charge in [-0.15, -0.1) is 0 Å². The first-order valence-electron chi connectivity index (χ1n) is 16.5. The molecule has 2 aliphatic heterocycles. The summed E-state index contributed by atoms with van der Waals surface area (Å²) in [7, 11) is -4.20. The summed E-state index contributed by atoms with van der Waals surface area (Å²) < 4.78 is 37.8. The van der Waals surface area contributed by atoms with E-state index in [-0.39, 0.29) is 36.0 Å². The van der Waals surface area contributed by atoms with Crippen molar-refractivity contribution in [2.75, 3.05) is 26.2 Å². The molecule has 0 amide bonds. The van der Waals surface area contributed by atoms with Crippen molar-refractivity contribution in [1.29, 1.82) is 0 Å². The van der Waals surface area contributed by atoms with E-state index in [2.05, 4.69) is 69.4 Å². The number of ether oxygens (including phenoxy) is 1. The molecule has 0 saturated carbocycles. The van der Waals surface area contributed by atoms with E-state index in [9.17, 15) is 18.5 Å². The smallest absolute Gasteiger partial charge is 0.289 e. The first-order valence-corrected chi connectivity index (χ1v) is 18.7. The number of fused-ring (bicyclic) bond motifs is 1. The zero-order valence-corrected chi connectivity index (χ0v) is 29.6. The monoisotopic (exact) mass is 749 g/mol. The lowest BCUT2D eigenvalue weighted by Crippen LogP contribution is -2.68. The fourth-order valence-corrected chi connectivity index (χ4v) is 9.27. The average molecular weight is 751 g/mol. The Balaban J connectivity index is 1.28. The number of nitro benzene ring substituents is 1. The standard InChI is InChI=1S/C40H36BrN3O5S/c41-34-24-22-30(23-25-34)39-36-28-42(50(47,48)38-21-11-10-20-35(38)44(45)46)26-12-13-27-43(36)37(39)29-49-40(31-14-4-1-5-15-31,32-16-6-2-7-17-32)33-18-8-3-9-19-33/h1-25,36-37,39H,26-29H2/b13-12-/t36-,37-,39-/m1/s1. The fourth-order valence-electron chi connectivity index (χ4n) is 7.44. The van der Waals surface area contributed by atoms with Gasteiger partial charge in [0.25, 0.3) is 5.69 Å². The molecule has 0 spiro atoms. The van der Waals surface area contributed by atoms with Gasteiger partial charge in [-0.25, -0.2) is 8.42 Å². The maximum absolute atomic E-state index is 14.1. The van der Waals surface area contributed by atoms with Crippen molar-refractivity contribution in [1.82, 2.24) is 9.21 Å². The Morgan fingerprint density at radius 3 is 1.82 bits per heavy atom. The highest BCUT2D eigenvalue weighted by molar-refractivity contribution is 9.10. The maximum Gasteiger partial charge on any atom is 0.289 e. The van der Waals surface area contributed by atoms with Gasteiger partial charge in [-0.3, -0.25) is 15.0 Å². The van der Waals surface area contributed by atoms with Crippen LogP contribution in [0.1, 0.15) is 28.2 Å². The van der Waals surface area contributed by atoms with Crippen LogP contribution in [0.25, 0.3) is 0 Å². The first-order chi connectivity index (χ1) is 24.3. The van der Waals surface area contributed by atoms with E-state index < -0.39 is 26.2 Å². The predicted molar refractivity (Wildman–Crippen MR) is 197 cm³/mol. The van der Waals surface area contributed by atoms with Crippen LogP contribution in [-0.2, 0) is 20.4 Å². The van der Waals surface area contributed by atoms with Crippen molar-refractivity contribution in [2.24, 2.45) is 0 Å². The quantitative estimate of drug-likeness (QED) is 0.0628. The Labute approximate surface area is 301 Å². The van der Waals surface area contributed by atoms with Gasteiger partial charge < -0.3 is 4.74 Å². The van der Waals surface area contributed by atoms with Crippen LogP contribution in [0.2, 0.25) is 0 Å². The van der Waals surface area contributed by atoms with Gasteiger partial charge in [-0.1, -0.05) is 143 Å². The molecule has 5 aromatic carbocycles. The van der Waals surface area contributed by atoms with Gasteiger partial charge >= 0.3 is 0 Å². The minimum atomic E-state index is -4.20. The molecular weight excluding hydrogens is 714 g/mol. The SMILES string of the molecule is O=[N+]([O-])c1ccccc1S(=O)(=O)N1C/C=C\CN2[C@H](COC(c3ccccc3)(c3ccccc3)c3ccccc3)[C@H](c3ccc(Br)cc3)[C@H]2C1. The van der Waals surface area contributed by atoms with Crippen molar-refractivity contribution in [2.45, 2.75) is 28.5 Å². The third kappa shape index (κ3) is 6.34. The summed E-state index contributed by atoms with van der Waals surface area (Å²) in [6, 6.07) is 44.1. The molecule has 0 N–H and O–H groups in total. The molecule has 5 aromatic rings. The van der Waals surface area contributed by atoms with E-state index in [0.29, 0.717) is 13.2 Å². The van der Waals surface area contributed by atoms with E-state index in [1.807, 2.05) is 78.9 Å². The molecule has 8 nitrogen and oxygen atoms in total. The predicted octanol–water partition coefficient (Wildman–Crippen LogP) is 7.76. The number of nitrogens with zero attached hydrogens (tertiary/aromatic N) is 3. The van der Waals surface area contributed by atoms with E-state index in [1.54, 1.807) is 0 Å². The molecule has 2 heterocycles. The lowest BCUT2D eigenvalue weighted by Gasteiger charge is -2.57. The second-order valence-electron chi connectivity index (χ2n) is 12.5. The summed E-state index contributed by atoms with van der Waals surface area (Å²) >= 11 is 3.57. The third-order valence-corrected chi connectivity index (χ3v) is 12.2. The third-order valence-electron chi connectivity index (χ3n) is 9.81. The molecule has 10 heteroatoms. The maximum atomic E-state index is 14.1. The van der Waals surface area contributed by atoms with E-state index >= 15 is 0 Å². The average Bonchev–Trinajstić information content (AvgIpc) is 3.14. The number of benzene rings is 5. The van der Waals surface area contributed by atoms with Crippen molar-refractivity contribution < 1.29 is 18.1 Å². The summed E-state index contributed by atoms with van der Waals surface area (Å²) in [6.45, 7) is 1.24. The van der Waals surface area contributed by atoms with Gasteiger partial charge in [-0.2, -0.15) is 4.31 Å². The molecule has 0 bridgehead atoms. The van der Waals surface area contributed by atoms with Gasteiger partial charge in [0, 0.05) is 48.2 Å². The number of nitro groups is 1. The van der Waals surface area contributed by atoms with Crippen LogP contribution in [0.3, 0.4) is 0 Å². The molecule has 7 rings (SSSR count). The minimum absolute atomic E-state index is 0.0851. The van der Waals surface area contributed by atoms with E-state index in [0.717, 1.165) is 26.7 Å². The van der Waals surface area contributed by atoms with Gasteiger partial charge in [0.05, 0.1) is 11.5 Å². The van der Waals surface area contributed by atoms with E-state index in [1.165, 1.54) is 28.6 Å². The second-order valence-corrected chi connectivity index (χ2v) is 15.3. The Morgan fingerprint density at radius 2 is 1.26 bits per heavy atom. The van der Waals surface area contributed by atoms with Crippen LogP contribution in [0.15, 0.2) is 161 Å². The molecule has 1 fully saturated rings. The number of rotatable bonds is 10. The Morgan fingerprint density at radius 1 is 0.740 bits per heavy atom. The van der Waals surface area contributed by atoms with Crippen molar-refractivity contribution in [3.8, 4) is 0 Å². The second kappa shape index (κ2) is 14.4. The van der Waals surface area contributed by atoms with Crippen molar-refractivity contribution in [3.05, 3.63) is 189 Å². The number of halogens is 1. The fraction of sp³-hybridized carbons (Fsp3) is 0.200. The van der Waals surface area contributed by atoms with Crippen molar-refractivity contribution >= 4 is 31.6 Å². The van der Waals surface area contributed by atoms with Crippen LogP contribution in [0, 0.1) is 10.1 Å². The zero-order valence-electron chi connectivity index (χ0n) is 27.2. The minimum Gasteiger partial charge on any atom is -0.359 e. The number of sulfonamides is 1. The summed E-state index contributed by atoms with van der Waals surface area (Å²) in [5.41, 5.74) is 2.73. The lowest BCUT2D eigenvalue weighted by atomic mass is 9.74. The highest BCUT2D eigenvalue weighted by atomic mass is 79.9. The van der Waals surface area contributed by atoms with E-state index in [4.69, 9.17) is 4.74 Å². The highest BCUT2D eigenvalue weighted by Gasteiger charge is 2.52. The van der Waals surface area contributed by atoms with Crippen LogP contribution >= 0.6 is 15.9 Å². The molecule has 0 aliphatic carbocycles. The molecular formula is C40H36BrN3O5S. The summed E-state index contributed by atoms with van der Waals surface area (Å²) in [5.74, 6) is -0.0851. The molecule has 0 unspecified atom stereocenters. The first kappa shape index (κ1) is 34.0. The van der Waals surface area contributed by atoms with Crippen LogP contribution in [-0.4, -0.2) is 60.9 Å². The number of hydrogen-bond donors (Lipinski definition) is 0. The molecule has 3 atom stereocenters.